The van der Waals surface area contributed by atoms with Crippen LogP contribution in [0.4, 0.5) is 33.6 Å². The highest BCUT2D eigenvalue weighted by Gasteiger charge is 2.51. The minimum atomic E-state index is -0.573. The van der Waals surface area contributed by atoms with E-state index in [0.29, 0.717) is 48.1 Å². The summed E-state index contributed by atoms with van der Waals surface area (Å²) in [6.45, 7) is 21.4. The number of hydrogen-bond acceptors (Lipinski definition) is 21. The maximum absolute atomic E-state index is 12.8. The Morgan fingerprint density at radius 1 is 0.729 bits per heavy atom. The number of nitrogens with one attached hydrogen (secondary N) is 2. The van der Waals surface area contributed by atoms with Crippen LogP contribution in [0.15, 0.2) is 41.7 Å². The van der Waals surface area contributed by atoms with Crippen molar-refractivity contribution in [3.05, 3.63) is 70.8 Å². The summed E-state index contributed by atoms with van der Waals surface area (Å²) in [6, 6.07) is 7.34. The zero-order valence-electron chi connectivity index (χ0n) is 50.6. The van der Waals surface area contributed by atoms with Crippen molar-refractivity contribution >= 4 is 63.8 Å². The highest BCUT2D eigenvalue weighted by Crippen LogP contribution is 2.46. The Balaban J connectivity index is 0.000000175. The summed E-state index contributed by atoms with van der Waals surface area (Å²) in [6.07, 6.45) is 11.4. The number of fused-ring (bicyclic) bond motifs is 4. The molecular formula is C61H82N16O8. The van der Waals surface area contributed by atoms with Crippen LogP contribution in [0.3, 0.4) is 0 Å². The van der Waals surface area contributed by atoms with Crippen LogP contribution in [-0.2, 0) is 30.2 Å². The van der Waals surface area contributed by atoms with Gasteiger partial charge in [0.2, 0.25) is 0 Å². The molecule has 2 spiro atoms. The fourth-order valence-electron chi connectivity index (χ4n) is 13.8. The number of carbonyl (C=O) groups is 3. The van der Waals surface area contributed by atoms with E-state index in [1.165, 1.54) is 7.11 Å². The van der Waals surface area contributed by atoms with Crippen LogP contribution in [0.1, 0.15) is 168 Å². The third kappa shape index (κ3) is 11.1. The summed E-state index contributed by atoms with van der Waals surface area (Å²) in [5.74, 6) is 3.03. The molecule has 1 unspecified atom stereocenters. The number of rotatable bonds is 7. The van der Waals surface area contributed by atoms with Crippen LogP contribution in [0.25, 0.3) is 11.2 Å². The second kappa shape index (κ2) is 23.3. The molecule has 0 saturated carbocycles. The highest BCUT2D eigenvalue weighted by molar-refractivity contribution is 6.11. The molecule has 13 rings (SSSR count). The van der Waals surface area contributed by atoms with Crippen LogP contribution in [0.5, 0.6) is 0 Å². The summed E-state index contributed by atoms with van der Waals surface area (Å²) in [4.78, 5) is 80.4. The number of carbonyl (C=O) groups excluding carboxylic acids is 3. The van der Waals surface area contributed by atoms with Gasteiger partial charge in [0.05, 0.1) is 86.0 Å². The van der Waals surface area contributed by atoms with E-state index in [1.807, 2.05) is 56.9 Å². The molecule has 0 radical (unpaired) electrons. The number of pyridine rings is 2. The van der Waals surface area contributed by atoms with Gasteiger partial charge in [-0.2, -0.15) is 0 Å². The van der Waals surface area contributed by atoms with Gasteiger partial charge in [-0.25, -0.2) is 44.2 Å². The number of alkyl carbamates (subject to hydrolysis) is 1. The lowest BCUT2D eigenvalue weighted by molar-refractivity contribution is -0.0368. The molecule has 0 aliphatic carbocycles. The summed E-state index contributed by atoms with van der Waals surface area (Å²) < 4.78 is 30.6. The number of aromatic nitrogens is 8. The normalized spacial score (nSPS) is 25.9. The van der Waals surface area contributed by atoms with Gasteiger partial charge in [0.15, 0.2) is 29.0 Å². The zero-order chi connectivity index (χ0) is 59.5. The molecule has 24 heteroatoms. The van der Waals surface area contributed by atoms with Crippen LogP contribution in [0, 0.1) is 10.8 Å². The smallest absolute Gasteiger partial charge is 0.407 e. The monoisotopic (exact) mass is 1170 g/mol. The van der Waals surface area contributed by atoms with Crippen molar-refractivity contribution in [3.63, 3.8) is 0 Å². The first kappa shape index (κ1) is 58.2. The number of nitrogens with zero attached hydrogens (tertiary/aromatic N) is 13. The Kier molecular flexibility index (Phi) is 15.9. The zero-order valence-corrected chi connectivity index (χ0v) is 50.6. The molecule has 5 aromatic heterocycles. The predicted octanol–water partition coefficient (Wildman–Crippen LogP) is 7.09. The molecule has 5 fully saturated rings. The number of esters is 1. The number of ether oxygens (including phenoxy) is 5. The number of methoxy groups -OCH3 is 1. The first-order chi connectivity index (χ1) is 40.9. The van der Waals surface area contributed by atoms with E-state index in [0.717, 1.165) is 155 Å². The lowest BCUT2D eigenvalue weighted by Crippen LogP contribution is -2.55. The Bertz CT molecular complexity index is 3360. The molecule has 7 atom stereocenters. The van der Waals surface area contributed by atoms with Gasteiger partial charge in [0, 0.05) is 81.6 Å². The molecule has 8 aliphatic heterocycles. The maximum atomic E-state index is 12.8. The SMILES string of the molecule is CNC(=O)c1ccc2c(n1)[C@H](C)CCN2C1=NCc2nc(N3CCC4(CC3)CO[C@@H](C)[C@H]4N)cnc21.COC(=O)c1ccc2c(n1)[C@H](C)CCN2c1nn(C2CCCCO2)c2nc(N3CCC4(CC3)CO[C@@H](C)[C@H]4NC(=O)OC(C)(C)C)cnc12. The first-order valence-electron chi connectivity index (χ1n) is 30.5. The first-order valence-corrected chi connectivity index (χ1v) is 30.5. The average molecular weight is 1170 g/mol. The number of nitrogens with two attached hydrogens (primary N) is 1. The van der Waals surface area contributed by atoms with Gasteiger partial charge in [0.25, 0.3) is 5.91 Å². The largest absolute Gasteiger partial charge is 0.464 e. The van der Waals surface area contributed by atoms with E-state index in [4.69, 9.17) is 64.4 Å². The lowest BCUT2D eigenvalue weighted by atomic mass is 9.73. The van der Waals surface area contributed by atoms with Crippen molar-refractivity contribution < 1.29 is 38.1 Å². The van der Waals surface area contributed by atoms with Gasteiger partial charge in [-0.05, 0) is 117 Å². The van der Waals surface area contributed by atoms with E-state index in [-0.39, 0.29) is 59.1 Å². The van der Waals surface area contributed by atoms with Crippen molar-refractivity contribution in [3.8, 4) is 0 Å². The van der Waals surface area contributed by atoms with E-state index in [2.05, 4.69) is 56.0 Å². The molecule has 4 N–H and O–H groups in total. The molecule has 0 aromatic carbocycles. The second-order valence-corrected chi connectivity index (χ2v) is 25.5. The van der Waals surface area contributed by atoms with Crippen LogP contribution in [0.2, 0.25) is 0 Å². The second-order valence-electron chi connectivity index (χ2n) is 25.5. The number of piperidine rings is 2. The summed E-state index contributed by atoms with van der Waals surface area (Å²) in [7, 11) is 2.99. The maximum Gasteiger partial charge on any atom is 0.407 e. The van der Waals surface area contributed by atoms with Crippen molar-refractivity contribution in [1.29, 1.82) is 0 Å². The third-order valence-electron chi connectivity index (χ3n) is 18.9. The van der Waals surface area contributed by atoms with Gasteiger partial charge < -0.3 is 59.7 Å². The minimum absolute atomic E-state index is 0.0842. The molecular weight excluding hydrogens is 1080 g/mol. The Hall–Kier alpha value is -7.15. The number of amides is 2. The minimum Gasteiger partial charge on any atom is -0.464 e. The van der Waals surface area contributed by atoms with E-state index < -0.39 is 17.7 Å². The fourth-order valence-corrected chi connectivity index (χ4v) is 13.8. The predicted molar refractivity (Wildman–Crippen MR) is 320 cm³/mol. The van der Waals surface area contributed by atoms with Crippen LogP contribution < -0.4 is 36.0 Å². The summed E-state index contributed by atoms with van der Waals surface area (Å²) in [5.41, 5.74) is 13.3. The number of hydrogen-bond donors (Lipinski definition) is 3. The molecule has 2 amide bonds. The molecule has 8 aliphatic rings. The van der Waals surface area contributed by atoms with Crippen LogP contribution >= 0.6 is 0 Å². The summed E-state index contributed by atoms with van der Waals surface area (Å²) >= 11 is 0. The molecule has 5 aromatic rings. The van der Waals surface area contributed by atoms with Gasteiger partial charge in [-0.1, -0.05) is 13.8 Å². The van der Waals surface area contributed by atoms with Crippen molar-refractivity contribution in [1.82, 2.24) is 50.3 Å². The molecule has 454 valence electrons. The van der Waals surface area contributed by atoms with Crippen LogP contribution in [-0.4, -0.2) is 167 Å². The number of anilines is 5. The molecule has 13 heterocycles. The van der Waals surface area contributed by atoms with Crippen molar-refractivity contribution in [2.45, 2.75) is 161 Å². The highest BCUT2D eigenvalue weighted by atomic mass is 16.6. The Labute approximate surface area is 496 Å². The summed E-state index contributed by atoms with van der Waals surface area (Å²) in [5, 5.41) is 10.9. The molecule has 85 heavy (non-hydrogen) atoms. The number of amidine groups is 1. The van der Waals surface area contributed by atoms with Crippen molar-refractivity contribution in [2.24, 2.45) is 21.6 Å². The third-order valence-corrected chi connectivity index (χ3v) is 18.9. The number of aliphatic imine (C=N–C) groups is 1. The molecule has 0 bridgehead atoms. The van der Waals surface area contributed by atoms with Gasteiger partial charge >= 0.3 is 12.1 Å². The average Bonchev–Trinajstić information content (AvgIpc) is 2.53. The van der Waals surface area contributed by atoms with E-state index >= 15 is 0 Å². The van der Waals surface area contributed by atoms with E-state index in [1.54, 1.807) is 19.2 Å². The quantitative estimate of drug-likeness (QED) is 0.137. The Morgan fingerprint density at radius 2 is 1.35 bits per heavy atom. The van der Waals surface area contributed by atoms with Gasteiger partial charge in [0.1, 0.15) is 34.3 Å². The standard InChI is InChI=1S/C35H48N8O6.C26H34N8O2/c1-21-12-15-42(24-11-10-23(32(44)46-6)37-27(21)24)31-28-30(43(40-31)26-9-7-8-18-47-26)38-25(19-36-28)41-16-13-35(14-17-41)20-48-22(2)29(35)39-33(45)49-34(3,4)5;1-15-6-9-34(19-5-4-17(25(35)28-3)32-21(15)19)24-22-18(12-30-24)31-20(13-29-22)33-10-7-26(8-11-33)14-36-16(2)23(26)27/h10-11,19,21-22,26,29H,7-9,12-18,20H2,1-6H3,(H,39,45);4-5,13,15-16,23H,6-12,14,27H2,1-3H3,(H,28,35)/t21-,22+,26?,29-;15-,16+,23-/m11/s1. The van der Waals surface area contributed by atoms with Gasteiger partial charge in [-0.15, -0.1) is 5.10 Å². The molecule has 24 nitrogen and oxygen atoms in total. The van der Waals surface area contributed by atoms with Crippen molar-refractivity contribution in [2.75, 3.05) is 92.8 Å². The lowest BCUT2D eigenvalue weighted by Gasteiger charge is -2.42. The topological polar surface area (TPSA) is 268 Å². The fraction of sp³-hybridized carbons (Fsp3) is 0.623. The Morgan fingerprint density at radius 3 is 2.00 bits per heavy atom. The molecule has 5 saturated heterocycles. The van der Waals surface area contributed by atoms with Gasteiger partial charge in [-0.3, -0.25) is 9.79 Å². The van der Waals surface area contributed by atoms with E-state index in [9.17, 15) is 14.4 Å².